The maximum atomic E-state index is 12.4. The molecule has 1 fully saturated rings. The normalized spacial score (nSPS) is 16.0. The highest BCUT2D eigenvalue weighted by atomic mass is 79.9. The van der Waals surface area contributed by atoms with E-state index in [1.807, 2.05) is 0 Å². The number of hydrogen-bond donors (Lipinski definition) is 1. The zero-order chi connectivity index (χ0) is 17.9. The van der Waals surface area contributed by atoms with Crippen LogP contribution in [0.5, 0.6) is 0 Å². The van der Waals surface area contributed by atoms with Gasteiger partial charge >= 0.3 is 0 Å². The van der Waals surface area contributed by atoms with Gasteiger partial charge in [-0.05, 0) is 70.3 Å². The van der Waals surface area contributed by atoms with Crippen LogP contribution < -0.4 is 5.32 Å². The number of likely N-dealkylation sites (tertiary alicyclic amines) is 1. The van der Waals surface area contributed by atoms with Crippen LogP contribution in [0.15, 0.2) is 63.7 Å². The summed E-state index contributed by atoms with van der Waals surface area (Å²) in [5.41, 5.74) is 1.27. The second-order valence-corrected chi connectivity index (χ2v) is 7.42. The lowest BCUT2D eigenvalue weighted by atomic mass is 9.97. The quantitative estimate of drug-likeness (QED) is 0.656. The molecule has 2 heterocycles. The fourth-order valence-electron chi connectivity index (χ4n) is 3.74. The molecule has 1 N–H and O–H groups in total. The highest BCUT2D eigenvalue weighted by Gasteiger charge is 2.25. The van der Waals surface area contributed by atoms with Gasteiger partial charge in [-0.25, -0.2) is 0 Å². The van der Waals surface area contributed by atoms with Gasteiger partial charge in [0.05, 0.1) is 6.04 Å². The van der Waals surface area contributed by atoms with Crippen LogP contribution >= 0.6 is 15.9 Å². The molecule has 0 aliphatic carbocycles. The van der Waals surface area contributed by atoms with Crippen LogP contribution in [0.3, 0.4) is 0 Å². The van der Waals surface area contributed by atoms with E-state index in [9.17, 15) is 4.79 Å². The predicted molar refractivity (Wildman–Crippen MR) is 106 cm³/mol. The number of fused-ring (bicyclic) bond motifs is 1. The lowest BCUT2D eigenvalue weighted by Crippen LogP contribution is -2.36. The molecular formula is C21H21BrN2O2. The smallest absolute Gasteiger partial charge is 0.287 e. The number of rotatable bonds is 5. The summed E-state index contributed by atoms with van der Waals surface area (Å²) in [4.78, 5) is 14.9. The molecule has 26 heavy (non-hydrogen) atoms. The van der Waals surface area contributed by atoms with Crippen molar-refractivity contribution in [2.45, 2.75) is 18.9 Å². The van der Waals surface area contributed by atoms with Crippen molar-refractivity contribution in [1.82, 2.24) is 10.2 Å². The van der Waals surface area contributed by atoms with Gasteiger partial charge in [0.25, 0.3) is 5.91 Å². The van der Waals surface area contributed by atoms with Crippen molar-refractivity contribution >= 4 is 32.6 Å². The Bertz CT molecular complexity index is 910. The second kappa shape index (κ2) is 7.64. The average Bonchev–Trinajstić information content (AvgIpc) is 3.34. The van der Waals surface area contributed by atoms with Crippen molar-refractivity contribution in [2.24, 2.45) is 0 Å². The van der Waals surface area contributed by atoms with Crippen LogP contribution in [0.25, 0.3) is 10.8 Å². The Labute approximate surface area is 161 Å². The van der Waals surface area contributed by atoms with E-state index in [1.54, 1.807) is 12.1 Å². The van der Waals surface area contributed by atoms with Gasteiger partial charge in [-0.15, -0.1) is 0 Å². The molecule has 3 aromatic rings. The summed E-state index contributed by atoms with van der Waals surface area (Å²) in [6.45, 7) is 2.69. The van der Waals surface area contributed by atoms with Crippen LogP contribution in [0.1, 0.15) is 35.0 Å². The Morgan fingerprint density at radius 3 is 2.62 bits per heavy atom. The van der Waals surface area contributed by atoms with Crippen molar-refractivity contribution in [3.05, 3.63) is 70.6 Å². The second-order valence-electron chi connectivity index (χ2n) is 6.64. The number of hydrogen-bond acceptors (Lipinski definition) is 3. The van der Waals surface area contributed by atoms with E-state index in [0.717, 1.165) is 13.1 Å². The number of carbonyl (C=O) groups excluding carboxylic acids is 1. The van der Waals surface area contributed by atoms with Gasteiger partial charge in [0.15, 0.2) is 10.4 Å². The molecule has 1 amide bonds. The van der Waals surface area contributed by atoms with E-state index < -0.39 is 0 Å². The van der Waals surface area contributed by atoms with E-state index in [4.69, 9.17) is 4.42 Å². The van der Waals surface area contributed by atoms with Gasteiger partial charge in [-0.1, -0.05) is 42.5 Å². The third kappa shape index (κ3) is 3.55. The summed E-state index contributed by atoms with van der Waals surface area (Å²) in [5, 5.41) is 5.54. The number of furan rings is 1. The molecular weight excluding hydrogens is 392 g/mol. The number of nitrogens with one attached hydrogen (secondary N) is 1. The molecule has 2 aromatic carbocycles. The Morgan fingerprint density at radius 2 is 1.85 bits per heavy atom. The first-order valence-corrected chi connectivity index (χ1v) is 9.77. The Balaban J connectivity index is 1.61. The fourth-order valence-corrected chi connectivity index (χ4v) is 4.05. The minimum atomic E-state index is -0.180. The largest absolute Gasteiger partial charge is 0.444 e. The minimum Gasteiger partial charge on any atom is -0.444 e. The Hall–Kier alpha value is -2.11. The van der Waals surface area contributed by atoms with Crippen molar-refractivity contribution in [1.29, 1.82) is 0 Å². The molecule has 0 bridgehead atoms. The first-order valence-electron chi connectivity index (χ1n) is 8.97. The molecule has 134 valence electrons. The van der Waals surface area contributed by atoms with Crippen LogP contribution in [0, 0.1) is 0 Å². The molecule has 0 radical (unpaired) electrons. The van der Waals surface area contributed by atoms with Gasteiger partial charge in [-0.2, -0.15) is 0 Å². The first-order chi connectivity index (χ1) is 12.7. The van der Waals surface area contributed by atoms with Gasteiger partial charge in [0.2, 0.25) is 0 Å². The number of nitrogens with zero attached hydrogens (tertiary/aromatic N) is 1. The summed E-state index contributed by atoms with van der Waals surface area (Å²) >= 11 is 3.24. The van der Waals surface area contributed by atoms with Gasteiger partial charge in [-0.3, -0.25) is 9.69 Å². The Kier molecular flexibility index (Phi) is 5.09. The lowest BCUT2D eigenvalue weighted by Gasteiger charge is -2.29. The van der Waals surface area contributed by atoms with Crippen molar-refractivity contribution in [2.75, 3.05) is 19.6 Å². The summed E-state index contributed by atoms with van der Waals surface area (Å²) in [5.74, 6) is 0.148. The number of carbonyl (C=O) groups is 1. The van der Waals surface area contributed by atoms with E-state index in [1.165, 1.54) is 29.2 Å². The third-order valence-electron chi connectivity index (χ3n) is 5.02. The standard InChI is InChI=1S/C21H21BrN2O2/c22-20-11-10-19(26-20)21(25)23-14-18(24-12-3-4-13-24)17-9-5-7-15-6-1-2-8-16(15)17/h1-2,5-11,18H,3-4,12-14H2,(H,23,25)/t18-/m0/s1. The molecule has 1 atom stereocenters. The molecule has 0 saturated carbocycles. The SMILES string of the molecule is O=C(NC[C@@H](c1cccc2ccccc12)N1CCCC1)c1ccc(Br)o1. The number of amides is 1. The van der Waals surface area contributed by atoms with E-state index >= 15 is 0 Å². The molecule has 4 nitrogen and oxygen atoms in total. The van der Waals surface area contributed by atoms with Crippen molar-refractivity contribution in [3.8, 4) is 0 Å². The Morgan fingerprint density at radius 1 is 1.08 bits per heavy atom. The van der Waals surface area contributed by atoms with E-state index in [2.05, 4.69) is 68.6 Å². The molecule has 4 rings (SSSR count). The van der Waals surface area contributed by atoms with Gasteiger partial charge < -0.3 is 9.73 Å². The summed E-state index contributed by atoms with van der Waals surface area (Å²) < 4.78 is 5.93. The van der Waals surface area contributed by atoms with E-state index in [-0.39, 0.29) is 11.9 Å². The molecule has 1 saturated heterocycles. The van der Waals surface area contributed by atoms with Gasteiger partial charge in [0.1, 0.15) is 0 Å². The number of halogens is 1. The van der Waals surface area contributed by atoms with Crippen LogP contribution in [-0.2, 0) is 0 Å². The summed E-state index contributed by atoms with van der Waals surface area (Å²) in [6, 6.07) is 18.4. The third-order valence-corrected chi connectivity index (χ3v) is 5.44. The van der Waals surface area contributed by atoms with E-state index in [0.29, 0.717) is 17.0 Å². The average molecular weight is 413 g/mol. The minimum absolute atomic E-state index is 0.158. The zero-order valence-electron chi connectivity index (χ0n) is 14.5. The predicted octanol–water partition coefficient (Wildman–Crippen LogP) is 4.76. The molecule has 1 aliphatic rings. The topological polar surface area (TPSA) is 45.5 Å². The number of benzene rings is 2. The maximum absolute atomic E-state index is 12.4. The highest BCUT2D eigenvalue weighted by Crippen LogP contribution is 2.30. The maximum Gasteiger partial charge on any atom is 0.287 e. The summed E-state index contributed by atoms with van der Waals surface area (Å²) in [7, 11) is 0. The molecule has 1 aromatic heterocycles. The van der Waals surface area contributed by atoms with Crippen molar-refractivity contribution in [3.63, 3.8) is 0 Å². The van der Waals surface area contributed by atoms with Crippen LogP contribution in [-0.4, -0.2) is 30.4 Å². The lowest BCUT2D eigenvalue weighted by molar-refractivity contribution is 0.0909. The zero-order valence-corrected chi connectivity index (χ0v) is 16.0. The molecule has 0 spiro atoms. The first kappa shape index (κ1) is 17.3. The van der Waals surface area contributed by atoms with Crippen LogP contribution in [0.4, 0.5) is 0 Å². The van der Waals surface area contributed by atoms with Crippen molar-refractivity contribution < 1.29 is 9.21 Å². The fraction of sp³-hybridized carbons (Fsp3) is 0.286. The monoisotopic (exact) mass is 412 g/mol. The summed E-state index contributed by atoms with van der Waals surface area (Å²) in [6.07, 6.45) is 2.42. The van der Waals surface area contributed by atoms with Gasteiger partial charge in [0, 0.05) is 6.54 Å². The molecule has 1 aliphatic heterocycles. The molecule has 5 heteroatoms. The van der Waals surface area contributed by atoms with Crippen LogP contribution in [0.2, 0.25) is 0 Å². The molecule has 0 unspecified atom stereocenters. The highest BCUT2D eigenvalue weighted by molar-refractivity contribution is 9.10.